The Morgan fingerprint density at radius 2 is 2.19 bits per heavy atom. The quantitative estimate of drug-likeness (QED) is 0.918. The molecule has 0 saturated carbocycles. The fourth-order valence-electron chi connectivity index (χ4n) is 3.08. The van der Waals surface area contributed by atoms with Crippen LogP contribution >= 0.6 is 0 Å². The highest BCUT2D eigenvalue weighted by Crippen LogP contribution is 2.31. The van der Waals surface area contributed by atoms with Crippen LogP contribution in [0.15, 0.2) is 42.7 Å². The maximum Gasteiger partial charge on any atom is 0.0645 e. The van der Waals surface area contributed by atoms with Gasteiger partial charge in [0.25, 0.3) is 0 Å². The zero-order chi connectivity index (χ0) is 14.7. The summed E-state index contributed by atoms with van der Waals surface area (Å²) < 4.78 is 7.68. The Labute approximate surface area is 126 Å². The van der Waals surface area contributed by atoms with Crippen molar-refractivity contribution >= 4 is 0 Å². The molecule has 0 amide bonds. The van der Waals surface area contributed by atoms with E-state index < -0.39 is 0 Å². The van der Waals surface area contributed by atoms with Gasteiger partial charge < -0.3 is 10.1 Å². The predicted octanol–water partition coefficient (Wildman–Crippen LogP) is 2.95. The Morgan fingerprint density at radius 1 is 1.38 bits per heavy atom. The average molecular weight is 285 g/mol. The van der Waals surface area contributed by atoms with E-state index >= 15 is 0 Å². The van der Waals surface area contributed by atoms with Crippen molar-refractivity contribution in [2.24, 2.45) is 5.92 Å². The fraction of sp³-hybridized carbons (Fsp3) is 0.471. The van der Waals surface area contributed by atoms with Crippen molar-refractivity contribution in [2.45, 2.75) is 32.4 Å². The van der Waals surface area contributed by atoms with Crippen LogP contribution in [-0.4, -0.2) is 29.0 Å². The minimum Gasteiger partial charge on any atom is -0.378 e. The van der Waals surface area contributed by atoms with E-state index in [0.717, 1.165) is 25.3 Å². The summed E-state index contributed by atoms with van der Waals surface area (Å²) in [6.07, 6.45) is 5.57. The number of aromatic nitrogens is 2. The molecule has 3 atom stereocenters. The molecule has 0 aliphatic carbocycles. The number of hydrogen-bond acceptors (Lipinski definition) is 3. The van der Waals surface area contributed by atoms with Crippen LogP contribution in [0.2, 0.25) is 0 Å². The normalized spacial score (nSPS) is 23.3. The first-order chi connectivity index (χ1) is 10.3. The first-order valence-corrected chi connectivity index (χ1v) is 7.73. The van der Waals surface area contributed by atoms with E-state index in [1.54, 1.807) is 0 Å². The van der Waals surface area contributed by atoms with Gasteiger partial charge in [0.2, 0.25) is 0 Å². The van der Waals surface area contributed by atoms with Crippen molar-refractivity contribution in [2.75, 3.05) is 13.2 Å². The van der Waals surface area contributed by atoms with Gasteiger partial charge in [0.05, 0.1) is 24.6 Å². The Bertz CT molecular complexity index is 566. The van der Waals surface area contributed by atoms with E-state index in [1.165, 1.54) is 5.56 Å². The third-order valence-electron chi connectivity index (χ3n) is 4.11. The average Bonchev–Trinajstić information content (AvgIpc) is 3.15. The van der Waals surface area contributed by atoms with Crippen LogP contribution < -0.4 is 5.32 Å². The summed E-state index contributed by atoms with van der Waals surface area (Å²) in [5, 5.41) is 8.11. The van der Waals surface area contributed by atoms with E-state index in [-0.39, 0.29) is 0 Å². The lowest BCUT2D eigenvalue weighted by atomic mass is 9.93. The topological polar surface area (TPSA) is 39.1 Å². The molecule has 1 aliphatic rings. The predicted molar refractivity (Wildman–Crippen MR) is 83.5 cm³/mol. The molecular weight excluding hydrogens is 262 g/mol. The first-order valence-electron chi connectivity index (χ1n) is 7.73. The number of hydrogen-bond donors (Lipinski definition) is 1. The van der Waals surface area contributed by atoms with Gasteiger partial charge in [-0.3, -0.25) is 0 Å². The molecule has 0 bridgehead atoms. The summed E-state index contributed by atoms with van der Waals surface area (Å²) in [6.45, 7) is 6.08. The zero-order valence-electron chi connectivity index (χ0n) is 12.7. The molecule has 2 heterocycles. The van der Waals surface area contributed by atoms with E-state index in [0.29, 0.717) is 18.1 Å². The maximum absolute atomic E-state index is 5.74. The molecule has 0 radical (unpaired) electrons. The van der Waals surface area contributed by atoms with E-state index in [1.807, 2.05) is 29.1 Å². The van der Waals surface area contributed by atoms with E-state index in [4.69, 9.17) is 4.74 Å². The van der Waals surface area contributed by atoms with Crippen LogP contribution in [0.25, 0.3) is 5.69 Å². The second kappa shape index (κ2) is 6.41. The molecule has 1 aromatic carbocycles. The van der Waals surface area contributed by atoms with Crippen molar-refractivity contribution in [3.63, 3.8) is 0 Å². The van der Waals surface area contributed by atoms with Crippen LogP contribution in [0.3, 0.4) is 0 Å². The first kappa shape index (κ1) is 14.3. The van der Waals surface area contributed by atoms with Gasteiger partial charge in [-0.15, -0.1) is 0 Å². The van der Waals surface area contributed by atoms with Crippen LogP contribution in [0.5, 0.6) is 0 Å². The highest BCUT2D eigenvalue weighted by molar-refractivity contribution is 5.31. The van der Waals surface area contributed by atoms with Gasteiger partial charge in [0, 0.05) is 23.7 Å². The molecule has 3 unspecified atom stereocenters. The molecular formula is C17H23N3O. The lowest BCUT2D eigenvalue weighted by molar-refractivity contribution is 0.117. The molecule has 1 N–H and O–H groups in total. The van der Waals surface area contributed by atoms with Crippen molar-refractivity contribution in [1.82, 2.24) is 15.1 Å². The van der Waals surface area contributed by atoms with E-state index in [9.17, 15) is 0 Å². The lowest BCUT2D eigenvalue weighted by Crippen LogP contribution is -2.28. The third kappa shape index (κ3) is 3.17. The minimum absolute atomic E-state index is 0.317. The molecule has 4 heteroatoms. The van der Waals surface area contributed by atoms with Crippen molar-refractivity contribution < 1.29 is 4.74 Å². The smallest absolute Gasteiger partial charge is 0.0645 e. The summed E-state index contributed by atoms with van der Waals surface area (Å²) in [4.78, 5) is 0. The van der Waals surface area contributed by atoms with Crippen LogP contribution in [0.1, 0.15) is 31.9 Å². The second-order valence-electron chi connectivity index (χ2n) is 5.73. The molecule has 1 aliphatic heterocycles. The second-order valence-corrected chi connectivity index (χ2v) is 5.73. The van der Waals surface area contributed by atoms with Crippen molar-refractivity contribution in [3.05, 3.63) is 48.3 Å². The van der Waals surface area contributed by atoms with Crippen LogP contribution in [0.4, 0.5) is 0 Å². The summed E-state index contributed by atoms with van der Waals surface area (Å²) in [7, 11) is 0. The molecule has 1 fully saturated rings. The molecule has 0 spiro atoms. The lowest BCUT2D eigenvalue weighted by Gasteiger charge is -2.22. The van der Waals surface area contributed by atoms with Crippen LogP contribution in [0, 0.1) is 5.92 Å². The van der Waals surface area contributed by atoms with Crippen molar-refractivity contribution in [1.29, 1.82) is 0 Å². The number of ether oxygens (including phenoxy) is 1. The van der Waals surface area contributed by atoms with Gasteiger partial charge in [-0.05, 0) is 32.0 Å². The van der Waals surface area contributed by atoms with Gasteiger partial charge in [0.15, 0.2) is 0 Å². The Morgan fingerprint density at radius 3 is 2.86 bits per heavy atom. The summed E-state index contributed by atoms with van der Waals surface area (Å²) in [6, 6.07) is 10.5. The van der Waals surface area contributed by atoms with Gasteiger partial charge in [-0.2, -0.15) is 5.10 Å². The largest absolute Gasteiger partial charge is 0.378 e. The van der Waals surface area contributed by atoms with Gasteiger partial charge in [-0.25, -0.2) is 4.68 Å². The summed E-state index contributed by atoms with van der Waals surface area (Å²) in [5.41, 5.74) is 2.33. The third-order valence-corrected chi connectivity index (χ3v) is 4.11. The summed E-state index contributed by atoms with van der Waals surface area (Å²) >= 11 is 0. The molecule has 112 valence electrons. The molecule has 3 rings (SSSR count). The van der Waals surface area contributed by atoms with Crippen molar-refractivity contribution in [3.8, 4) is 5.69 Å². The minimum atomic E-state index is 0.317. The number of benzene rings is 1. The number of rotatable bonds is 5. The van der Waals surface area contributed by atoms with E-state index in [2.05, 4.69) is 42.6 Å². The molecule has 21 heavy (non-hydrogen) atoms. The van der Waals surface area contributed by atoms with Gasteiger partial charge in [0.1, 0.15) is 0 Å². The van der Waals surface area contributed by atoms with Gasteiger partial charge >= 0.3 is 0 Å². The monoisotopic (exact) mass is 285 g/mol. The number of nitrogens with zero attached hydrogens (tertiary/aromatic N) is 2. The maximum atomic E-state index is 5.74. The Balaban J connectivity index is 1.82. The standard InChI is InChI=1S/C17H23N3O/c1-3-18-17(14-9-13(2)21-12-14)15-10-19-20(11-15)16-7-5-4-6-8-16/h4-8,10-11,13-14,17-18H,3,9,12H2,1-2H3. The fourth-order valence-corrected chi connectivity index (χ4v) is 3.08. The van der Waals surface area contributed by atoms with Gasteiger partial charge in [-0.1, -0.05) is 25.1 Å². The number of nitrogens with one attached hydrogen (secondary N) is 1. The molecule has 1 saturated heterocycles. The number of para-hydroxylation sites is 1. The molecule has 4 nitrogen and oxygen atoms in total. The Hall–Kier alpha value is -1.65. The highest BCUT2D eigenvalue weighted by atomic mass is 16.5. The van der Waals surface area contributed by atoms with Crippen LogP contribution in [-0.2, 0) is 4.74 Å². The Kier molecular flexibility index (Phi) is 4.36. The summed E-state index contributed by atoms with van der Waals surface area (Å²) in [5.74, 6) is 0.522. The SMILES string of the molecule is CCNC(c1cnn(-c2ccccc2)c1)C1COC(C)C1. The molecule has 1 aromatic heterocycles. The zero-order valence-corrected chi connectivity index (χ0v) is 12.7. The highest BCUT2D eigenvalue weighted by Gasteiger charge is 2.30. The molecule has 2 aromatic rings.